The largest absolute Gasteiger partial charge is 0.480 e. The summed E-state index contributed by atoms with van der Waals surface area (Å²) in [5.41, 5.74) is 0. The molecule has 0 heterocycles. The number of likely N-dealkylation sites (N-methyl/N-ethyl adjacent to an activating group) is 1. The fourth-order valence-corrected chi connectivity index (χ4v) is 1.16. The highest BCUT2D eigenvalue weighted by molar-refractivity contribution is 5.82. The van der Waals surface area contributed by atoms with Crippen molar-refractivity contribution < 1.29 is 14.7 Å². The second-order valence-electron chi connectivity index (χ2n) is 4.17. The van der Waals surface area contributed by atoms with Crippen LogP contribution in [0.4, 0.5) is 0 Å². The van der Waals surface area contributed by atoms with E-state index in [9.17, 15) is 9.59 Å². The molecule has 0 saturated heterocycles. The van der Waals surface area contributed by atoms with Crippen LogP contribution in [0.25, 0.3) is 0 Å². The summed E-state index contributed by atoms with van der Waals surface area (Å²) >= 11 is 0. The molecule has 5 heteroatoms. The van der Waals surface area contributed by atoms with Gasteiger partial charge < -0.3 is 10.4 Å². The van der Waals surface area contributed by atoms with E-state index in [0.717, 1.165) is 6.42 Å². The molecule has 0 aliphatic rings. The molecule has 2 N–H and O–H groups in total. The molecule has 0 bridgehead atoms. The van der Waals surface area contributed by atoms with E-state index < -0.39 is 18.1 Å². The number of carboxylic acid groups (broad SMARTS) is 1. The molecule has 94 valence electrons. The maximum atomic E-state index is 11.7. The number of rotatable bonds is 6. The number of carbonyl (C=O) groups is 2. The standard InChI is InChI=1S/C11H22N2O3/c1-6-7(2)12-10(14)8(3)13(5)9(4)11(15)16/h7-9H,6H2,1-5H3,(H,12,14)(H,15,16). The van der Waals surface area contributed by atoms with Crippen LogP contribution in [-0.2, 0) is 9.59 Å². The average Bonchev–Trinajstić information content (AvgIpc) is 2.25. The van der Waals surface area contributed by atoms with Gasteiger partial charge in [-0.1, -0.05) is 6.92 Å². The van der Waals surface area contributed by atoms with Gasteiger partial charge in [0.25, 0.3) is 0 Å². The smallest absolute Gasteiger partial charge is 0.320 e. The first-order valence-electron chi connectivity index (χ1n) is 5.56. The molecule has 16 heavy (non-hydrogen) atoms. The predicted octanol–water partition coefficient (Wildman–Crippen LogP) is 0.695. The Balaban J connectivity index is 4.37. The number of amides is 1. The summed E-state index contributed by atoms with van der Waals surface area (Å²) in [5.74, 6) is -1.06. The van der Waals surface area contributed by atoms with Gasteiger partial charge in [0.15, 0.2) is 0 Å². The summed E-state index contributed by atoms with van der Waals surface area (Å²) in [7, 11) is 1.64. The van der Waals surface area contributed by atoms with Gasteiger partial charge in [0.05, 0.1) is 6.04 Å². The van der Waals surface area contributed by atoms with Gasteiger partial charge >= 0.3 is 5.97 Å². The topological polar surface area (TPSA) is 69.6 Å². The van der Waals surface area contributed by atoms with Crippen molar-refractivity contribution in [1.29, 1.82) is 0 Å². The molecule has 3 atom stereocenters. The third-order valence-corrected chi connectivity index (χ3v) is 2.96. The number of hydrogen-bond acceptors (Lipinski definition) is 3. The summed E-state index contributed by atoms with van der Waals surface area (Å²) < 4.78 is 0. The van der Waals surface area contributed by atoms with Crippen LogP contribution in [0.3, 0.4) is 0 Å². The van der Waals surface area contributed by atoms with Gasteiger partial charge in [0, 0.05) is 6.04 Å². The molecule has 0 aliphatic carbocycles. The fraction of sp³-hybridized carbons (Fsp3) is 0.818. The number of aliphatic carboxylic acids is 1. The Morgan fingerprint density at radius 2 is 1.75 bits per heavy atom. The summed E-state index contributed by atoms with van der Waals surface area (Å²) in [4.78, 5) is 24.0. The zero-order valence-corrected chi connectivity index (χ0v) is 10.7. The first-order chi connectivity index (χ1) is 7.31. The molecular formula is C11H22N2O3. The minimum atomic E-state index is -0.925. The highest BCUT2D eigenvalue weighted by Crippen LogP contribution is 2.03. The lowest BCUT2D eigenvalue weighted by Gasteiger charge is -2.28. The Morgan fingerprint density at radius 1 is 1.25 bits per heavy atom. The van der Waals surface area contributed by atoms with E-state index in [1.807, 2.05) is 13.8 Å². The third kappa shape index (κ3) is 4.18. The van der Waals surface area contributed by atoms with Crippen molar-refractivity contribution in [3.63, 3.8) is 0 Å². The van der Waals surface area contributed by atoms with Crippen LogP contribution in [0.15, 0.2) is 0 Å². The van der Waals surface area contributed by atoms with Crippen molar-refractivity contribution in [2.45, 2.75) is 52.2 Å². The van der Waals surface area contributed by atoms with Crippen LogP contribution < -0.4 is 5.32 Å². The second-order valence-corrected chi connectivity index (χ2v) is 4.17. The van der Waals surface area contributed by atoms with Crippen LogP contribution in [0.2, 0.25) is 0 Å². The summed E-state index contributed by atoms with van der Waals surface area (Å²) in [6.07, 6.45) is 0.858. The zero-order valence-electron chi connectivity index (χ0n) is 10.7. The molecule has 0 saturated carbocycles. The molecule has 0 aromatic carbocycles. The molecule has 3 unspecified atom stereocenters. The van der Waals surface area contributed by atoms with E-state index in [4.69, 9.17) is 5.11 Å². The second kappa shape index (κ2) is 6.48. The maximum absolute atomic E-state index is 11.7. The molecule has 0 fully saturated rings. The molecular weight excluding hydrogens is 208 g/mol. The quantitative estimate of drug-likeness (QED) is 0.704. The molecule has 1 amide bonds. The number of carboxylic acids is 1. The predicted molar refractivity (Wildman–Crippen MR) is 62.2 cm³/mol. The molecule has 5 nitrogen and oxygen atoms in total. The lowest BCUT2D eigenvalue weighted by atomic mass is 10.2. The van der Waals surface area contributed by atoms with Gasteiger partial charge in [-0.05, 0) is 34.2 Å². The van der Waals surface area contributed by atoms with Gasteiger partial charge in [-0.15, -0.1) is 0 Å². The monoisotopic (exact) mass is 230 g/mol. The first kappa shape index (κ1) is 14.9. The Kier molecular flexibility index (Phi) is 6.03. The SMILES string of the molecule is CCC(C)NC(=O)C(C)N(C)C(C)C(=O)O. The van der Waals surface area contributed by atoms with Crippen LogP contribution in [0, 0.1) is 0 Å². The van der Waals surface area contributed by atoms with E-state index in [1.54, 1.807) is 25.8 Å². The highest BCUT2D eigenvalue weighted by Gasteiger charge is 2.26. The maximum Gasteiger partial charge on any atom is 0.320 e. The van der Waals surface area contributed by atoms with Crippen LogP contribution in [0.5, 0.6) is 0 Å². The highest BCUT2D eigenvalue weighted by atomic mass is 16.4. The van der Waals surface area contributed by atoms with Gasteiger partial charge in [0.1, 0.15) is 6.04 Å². The molecule has 0 spiro atoms. The Morgan fingerprint density at radius 3 is 2.12 bits per heavy atom. The molecule has 0 aromatic rings. The summed E-state index contributed by atoms with van der Waals surface area (Å²) in [6.45, 7) is 7.18. The van der Waals surface area contributed by atoms with Crippen LogP contribution in [0.1, 0.15) is 34.1 Å². The lowest BCUT2D eigenvalue weighted by Crippen LogP contribution is -2.50. The van der Waals surface area contributed by atoms with Crippen molar-refractivity contribution in [3.8, 4) is 0 Å². The first-order valence-corrected chi connectivity index (χ1v) is 5.56. The van der Waals surface area contributed by atoms with E-state index in [-0.39, 0.29) is 11.9 Å². The molecule has 0 radical (unpaired) electrons. The van der Waals surface area contributed by atoms with Crippen LogP contribution >= 0.6 is 0 Å². The normalized spacial score (nSPS) is 16.6. The summed E-state index contributed by atoms with van der Waals surface area (Å²) in [5, 5.41) is 11.7. The van der Waals surface area contributed by atoms with Gasteiger partial charge in [0.2, 0.25) is 5.91 Å². The molecule has 0 aliphatic heterocycles. The van der Waals surface area contributed by atoms with Crippen molar-refractivity contribution in [2.75, 3.05) is 7.05 Å². The Hall–Kier alpha value is -1.10. The van der Waals surface area contributed by atoms with Gasteiger partial charge in [-0.25, -0.2) is 0 Å². The number of nitrogens with zero attached hydrogens (tertiary/aromatic N) is 1. The molecule has 0 aromatic heterocycles. The minimum absolute atomic E-state index is 0.114. The fourth-order valence-electron chi connectivity index (χ4n) is 1.16. The van der Waals surface area contributed by atoms with Gasteiger partial charge in [-0.3, -0.25) is 14.5 Å². The van der Waals surface area contributed by atoms with E-state index >= 15 is 0 Å². The van der Waals surface area contributed by atoms with Gasteiger partial charge in [-0.2, -0.15) is 0 Å². The van der Waals surface area contributed by atoms with E-state index in [0.29, 0.717) is 0 Å². The Bertz CT molecular complexity index is 256. The number of carbonyl (C=O) groups excluding carboxylic acids is 1. The van der Waals surface area contributed by atoms with Crippen molar-refractivity contribution in [3.05, 3.63) is 0 Å². The van der Waals surface area contributed by atoms with E-state index in [2.05, 4.69) is 5.32 Å². The van der Waals surface area contributed by atoms with Crippen molar-refractivity contribution in [2.24, 2.45) is 0 Å². The number of nitrogens with one attached hydrogen (secondary N) is 1. The van der Waals surface area contributed by atoms with Crippen molar-refractivity contribution >= 4 is 11.9 Å². The van der Waals surface area contributed by atoms with Crippen LogP contribution in [-0.4, -0.2) is 47.1 Å². The average molecular weight is 230 g/mol. The Labute approximate surface area is 96.8 Å². The number of hydrogen-bond donors (Lipinski definition) is 2. The van der Waals surface area contributed by atoms with Crippen molar-refractivity contribution in [1.82, 2.24) is 10.2 Å². The summed E-state index contributed by atoms with van der Waals surface area (Å²) in [6, 6.07) is -0.999. The minimum Gasteiger partial charge on any atom is -0.480 e. The lowest BCUT2D eigenvalue weighted by molar-refractivity contribution is -0.143. The van der Waals surface area contributed by atoms with E-state index in [1.165, 1.54) is 0 Å². The molecule has 0 rings (SSSR count). The zero-order chi connectivity index (χ0) is 12.9. The third-order valence-electron chi connectivity index (χ3n) is 2.96.